The van der Waals surface area contributed by atoms with E-state index in [1.807, 2.05) is 48.5 Å². The zero-order valence-corrected chi connectivity index (χ0v) is 24.1. The molecule has 0 radical (unpaired) electrons. The van der Waals surface area contributed by atoms with Crippen molar-refractivity contribution < 1.29 is 30.0 Å². The van der Waals surface area contributed by atoms with Crippen LogP contribution in [0.15, 0.2) is 151 Å². The SMILES string of the molecule is [2H]c1c([2H])c([2H])c2c(c1[2H])c1c([2H])c([2H])c([2H])c(-n3c4c([2H])c([2H])c([2H])c([2H])c4c4c([2H])c([2H])c([2H])c([2H])c43)c1n2-c1cc2c3c(c1)Oc1ccccc1B3c1ccccc1O2. The van der Waals surface area contributed by atoms with Gasteiger partial charge in [-0.05, 0) is 47.2 Å². The number of para-hydroxylation sites is 6. The van der Waals surface area contributed by atoms with Crippen LogP contribution in [0, 0.1) is 0 Å². The summed E-state index contributed by atoms with van der Waals surface area (Å²) in [6, 6.07) is 8.47. The van der Waals surface area contributed by atoms with E-state index in [4.69, 9.17) is 21.8 Å². The maximum absolute atomic E-state index is 9.59. The van der Waals surface area contributed by atoms with E-state index in [1.54, 1.807) is 12.1 Å². The van der Waals surface area contributed by atoms with Crippen LogP contribution in [0.5, 0.6) is 23.0 Å². The number of hydrogen-bond acceptors (Lipinski definition) is 2. The number of hydrogen-bond donors (Lipinski definition) is 0. The Kier molecular flexibility index (Phi) is 2.92. The first-order valence-corrected chi connectivity index (χ1v) is 14.8. The number of aromatic nitrogens is 2. The summed E-state index contributed by atoms with van der Waals surface area (Å²) in [6.45, 7) is -0.343. The van der Waals surface area contributed by atoms with E-state index in [0.29, 0.717) is 28.5 Å². The molecule has 0 fully saturated rings. The first-order chi connectivity index (χ1) is 29.6. The molecule has 0 bridgehead atoms. The predicted molar refractivity (Wildman–Crippen MR) is 193 cm³/mol. The third-order valence-corrected chi connectivity index (χ3v) is 8.99. The van der Waals surface area contributed by atoms with Gasteiger partial charge in [0.1, 0.15) is 23.0 Å². The molecule has 9 aromatic rings. The lowest BCUT2D eigenvalue weighted by Gasteiger charge is -2.33. The fraction of sp³-hybridized carbons (Fsp3) is 0. The lowest BCUT2D eigenvalue weighted by atomic mass is 9.35. The van der Waals surface area contributed by atoms with Gasteiger partial charge in [-0.3, -0.25) is 0 Å². The highest BCUT2D eigenvalue weighted by Crippen LogP contribution is 2.42. The average molecular weight is 616 g/mol. The van der Waals surface area contributed by atoms with Crippen LogP contribution in [-0.2, 0) is 0 Å². The Morgan fingerprint density at radius 1 is 0.489 bits per heavy atom. The van der Waals surface area contributed by atoms with Gasteiger partial charge >= 0.3 is 0 Å². The molecule has 0 amide bonds. The molecule has 11 rings (SSSR count). The topological polar surface area (TPSA) is 28.3 Å². The zero-order valence-electron chi connectivity index (χ0n) is 39.1. The van der Waals surface area contributed by atoms with Crippen molar-refractivity contribution in [2.24, 2.45) is 0 Å². The Hall–Kier alpha value is -6.20. The molecule has 4 heterocycles. The Morgan fingerprint density at radius 3 is 1.57 bits per heavy atom. The summed E-state index contributed by atoms with van der Waals surface area (Å²) in [6.07, 6.45) is 0. The fourth-order valence-corrected chi connectivity index (χ4v) is 7.13. The van der Waals surface area contributed by atoms with Crippen molar-refractivity contribution in [2.45, 2.75) is 0 Å². The van der Waals surface area contributed by atoms with Gasteiger partial charge in [0.05, 0.1) is 54.0 Å². The van der Waals surface area contributed by atoms with Gasteiger partial charge in [0.25, 0.3) is 6.71 Å². The highest BCUT2D eigenvalue weighted by Gasteiger charge is 2.40. The minimum atomic E-state index is -0.723. The fourth-order valence-electron chi connectivity index (χ4n) is 7.13. The van der Waals surface area contributed by atoms with Crippen molar-refractivity contribution >= 4 is 66.7 Å². The highest BCUT2D eigenvalue weighted by atomic mass is 16.5. The first-order valence-electron chi connectivity index (χ1n) is 22.3. The molecular weight excluding hydrogens is 575 g/mol. The van der Waals surface area contributed by atoms with E-state index in [9.17, 15) is 8.22 Å². The molecule has 0 unspecified atom stereocenters. The molecule has 0 spiro atoms. The molecule has 7 aromatic carbocycles. The average Bonchev–Trinajstić information content (AvgIpc) is 3.81. The second kappa shape index (κ2) is 9.18. The number of fused-ring (bicyclic) bond motifs is 10. The summed E-state index contributed by atoms with van der Waals surface area (Å²) in [5.74, 6) is 1.73. The van der Waals surface area contributed by atoms with Gasteiger partial charge in [0, 0.05) is 39.1 Å². The summed E-state index contributed by atoms with van der Waals surface area (Å²) in [4.78, 5) is 0. The van der Waals surface area contributed by atoms with Crippen LogP contribution in [0.25, 0.3) is 55.0 Å². The summed E-state index contributed by atoms with van der Waals surface area (Å²) in [5.41, 5.74) is 1.11. The van der Waals surface area contributed by atoms with Crippen molar-refractivity contribution in [3.8, 4) is 34.4 Å². The van der Waals surface area contributed by atoms with Gasteiger partial charge < -0.3 is 18.6 Å². The molecule has 5 heteroatoms. The van der Waals surface area contributed by atoms with Crippen molar-refractivity contribution in [1.82, 2.24) is 9.13 Å². The van der Waals surface area contributed by atoms with E-state index in [2.05, 4.69) is 0 Å². The van der Waals surface area contributed by atoms with Gasteiger partial charge in [-0.25, -0.2) is 0 Å². The second-order valence-electron chi connectivity index (χ2n) is 11.4. The van der Waals surface area contributed by atoms with Crippen LogP contribution < -0.4 is 25.9 Å². The molecule has 0 saturated carbocycles. The summed E-state index contributed by atoms with van der Waals surface area (Å²) < 4.78 is 151. The van der Waals surface area contributed by atoms with E-state index in [-0.39, 0.29) is 61.7 Å². The van der Waals surface area contributed by atoms with Crippen molar-refractivity contribution in [3.63, 3.8) is 0 Å². The van der Waals surface area contributed by atoms with Crippen LogP contribution >= 0.6 is 0 Å². The van der Waals surface area contributed by atoms with Crippen LogP contribution in [-0.4, -0.2) is 15.8 Å². The van der Waals surface area contributed by atoms with Crippen molar-refractivity contribution in [3.05, 3.63) is 151 Å². The standard InChI is InChI=1S/C42H25BN2O2/c1-7-19-34-27(12-1)28-13-2-8-20-35(28)45(34)36-21-11-15-30-29-14-3-6-18-33(29)44(42(30)36)26-24-39-41-40(25-26)47-38-23-10-5-17-32(38)43(41)31-16-4-9-22-37(31)46-39/h1-25H/i1D,2D,3D,6D,7D,8D,11D,12D,13D,14D,15D,18D,19D,20D,21D. The van der Waals surface area contributed by atoms with Crippen LogP contribution in [0.1, 0.15) is 20.6 Å². The molecule has 218 valence electrons. The van der Waals surface area contributed by atoms with Gasteiger partial charge in [-0.1, -0.05) is 103 Å². The van der Waals surface area contributed by atoms with Crippen LogP contribution in [0.2, 0.25) is 0 Å². The number of benzene rings is 7. The molecule has 0 aliphatic carbocycles. The molecule has 2 aliphatic heterocycles. The van der Waals surface area contributed by atoms with Crippen LogP contribution in [0.3, 0.4) is 0 Å². The number of ether oxygens (including phenoxy) is 2. The van der Waals surface area contributed by atoms with E-state index in [1.165, 1.54) is 4.57 Å². The van der Waals surface area contributed by atoms with Crippen LogP contribution in [0.4, 0.5) is 0 Å². The number of rotatable bonds is 2. The predicted octanol–water partition coefficient (Wildman–Crippen LogP) is 8.61. The van der Waals surface area contributed by atoms with Crippen molar-refractivity contribution in [2.75, 3.05) is 0 Å². The van der Waals surface area contributed by atoms with Gasteiger partial charge in [-0.2, -0.15) is 0 Å². The number of nitrogens with zero attached hydrogens (tertiary/aromatic N) is 2. The molecular formula is C42H25BN2O2. The zero-order chi connectivity index (χ0) is 43.7. The molecule has 0 saturated heterocycles. The Bertz CT molecular complexity index is 3470. The summed E-state index contributed by atoms with van der Waals surface area (Å²) >= 11 is 0. The van der Waals surface area contributed by atoms with Gasteiger partial charge in [0.15, 0.2) is 0 Å². The van der Waals surface area contributed by atoms with E-state index in [0.717, 1.165) is 15.5 Å². The quantitative estimate of drug-likeness (QED) is 0.182. The van der Waals surface area contributed by atoms with Gasteiger partial charge in [0.2, 0.25) is 0 Å². The van der Waals surface area contributed by atoms with E-state index < -0.39 is 90.6 Å². The smallest absolute Gasteiger partial charge is 0.260 e. The maximum Gasteiger partial charge on any atom is 0.260 e. The molecule has 2 aromatic heterocycles. The molecule has 4 nitrogen and oxygen atoms in total. The third-order valence-electron chi connectivity index (χ3n) is 8.99. The highest BCUT2D eigenvalue weighted by molar-refractivity contribution is 6.98. The van der Waals surface area contributed by atoms with E-state index >= 15 is 0 Å². The van der Waals surface area contributed by atoms with Crippen molar-refractivity contribution in [1.29, 1.82) is 0 Å². The monoisotopic (exact) mass is 615 g/mol. The first kappa shape index (κ1) is 14.9. The molecule has 0 atom stereocenters. The minimum Gasteiger partial charge on any atom is -0.458 e. The minimum absolute atomic E-state index is 0.156. The lowest BCUT2D eigenvalue weighted by Crippen LogP contribution is -2.57. The largest absolute Gasteiger partial charge is 0.458 e. The third kappa shape index (κ3) is 3.32. The Morgan fingerprint density at radius 2 is 0.979 bits per heavy atom. The Balaban J connectivity index is 1.39. The lowest BCUT2D eigenvalue weighted by molar-refractivity contribution is 0.464. The molecule has 2 aliphatic rings. The summed E-state index contributed by atoms with van der Waals surface area (Å²) in [5, 5.41) is -0.997. The second-order valence-corrected chi connectivity index (χ2v) is 11.4. The Labute approximate surface area is 291 Å². The molecule has 0 N–H and O–H groups in total. The van der Waals surface area contributed by atoms with Gasteiger partial charge in [-0.15, -0.1) is 0 Å². The normalized spacial score (nSPS) is 17.4. The maximum atomic E-state index is 9.59. The molecule has 47 heavy (non-hydrogen) atoms. The summed E-state index contributed by atoms with van der Waals surface area (Å²) in [7, 11) is 0.